The molecular weight excluding hydrogens is 195 g/mol. The smallest absolute Gasteiger partial charge is 0.266 e. The van der Waals surface area contributed by atoms with Gasteiger partial charge in [0.1, 0.15) is 5.82 Å². The maximum absolute atomic E-state index is 13.0. The van der Waals surface area contributed by atoms with E-state index in [1.807, 2.05) is 0 Å². The number of hydrogen-bond donors (Lipinski definition) is 1. The van der Waals surface area contributed by atoms with Gasteiger partial charge in [0.15, 0.2) is 0 Å². The lowest BCUT2D eigenvalue weighted by Crippen LogP contribution is -2.13. The van der Waals surface area contributed by atoms with E-state index in [0.717, 1.165) is 6.07 Å². The predicted octanol–water partition coefficient (Wildman–Crippen LogP) is 2.41. The Morgan fingerprint density at radius 1 is 1.43 bits per heavy atom. The average Bonchev–Trinajstić information content (AvgIpc) is 2.14. The Hall–Kier alpha value is -1.07. The lowest BCUT2D eigenvalue weighted by molar-refractivity contribution is 0.0845. The third-order valence-electron chi connectivity index (χ3n) is 1.77. The van der Waals surface area contributed by atoms with Gasteiger partial charge in [0.25, 0.3) is 6.43 Å². The number of halogens is 3. The predicted molar refractivity (Wildman–Crippen MR) is 45.2 cm³/mol. The van der Waals surface area contributed by atoms with Crippen molar-refractivity contribution < 1.29 is 18.0 Å². The lowest BCUT2D eigenvalue weighted by atomic mass is 10.1. The van der Waals surface area contributed by atoms with E-state index in [4.69, 9.17) is 0 Å². The van der Waals surface area contributed by atoms with Crippen LogP contribution in [0.25, 0.3) is 0 Å². The van der Waals surface area contributed by atoms with Crippen LogP contribution in [0, 0.1) is 5.82 Å². The van der Waals surface area contributed by atoms with Crippen molar-refractivity contribution in [3.05, 3.63) is 35.1 Å². The van der Waals surface area contributed by atoms with E-state index in [2.05, 4.69) is 10.3 Å². The number of hydroxylamine groups is 1. The second-order valence-electron chi connectivity index (χ2n) is 2.64. The zero-order valence-electron chi connectivity index (χ0n) is 7.56. The SMILES string of the molecule is CONCc1cccc(F)c1C(F)F. The van der Waals surface area contributed by atoms with Crippen LogP contribution in [0.3, 0.4) is 0 Å². The van der Waals surface area contributed by atoms with Crippen LogP contribution in [0.5, 0.6) is 0 Å². The van der Waals surface area contributed by atoms with Crippen LogP contribution in [-0.4, -0.2) is 7.11 Å². The highest BCUT2D eigenvalue weighted by Gasteiger charge is 2.17. The molecule has 1 aromatic rings. The van der Waals surface area contributed by atoms with Crippen LogP contribution < -0.4 is 5.48 Å². The molecule has 0 heterocycles. The molecule has 0 aliphatic carbocycles. The molecule has 78 valence electrons. The molecule has 0 fully saturated rings. The maximum atomic E-state index is 13.0. The van der Waals surface area contributed by atoms with Crippen LogP contribution in [0.1, 0.15) is 17.6 Å². The fraction of sp³-hybridized carbons (Fsp3) is 0.333. The van der Waals surface area contributed by atoms with Gasteiger partial charge < -0.3 is 4.84 Å². The van der Waals surface area contributed by atoms with Gasteiger partial charge in [-0.05, 0) is 11.6 Å². The zero-order valence-corrected chi connectivity index (χ0v) is 7.56. The van der Waals surface area contributed by atoms with Gasteiger partial charge in [0, 0.05) is 6.54 Å². The Morgan fingerprint density at radius 2 is 2.14 bits per heavy atom. The van der Waals surface area contributed by atoms with Crippen molar-refractivity contribution in [2.24, 2.45) is 0 Å². The number of hydrogen-bond acceptors (Lipinski definition) is 2. The molecule has 0 spiro atoms. The molecule has 0 bridgehead atoms. The molecular formula is C9H10F3NO. The molecule has 1 N–H and O–H groups in total. The topological polar surface area (TPSA) is 21.3 Å². The van der Waals surface area contributed by atoms with E-state index < -0.39 is 17.8 Å². The van der Waals surface area contributed by atoms with Crippen molar-refractivity contribution >= 4 is 0 Å². The van der Waals surface area contributed by atoms with Crippen LogP contribution >= 0.6 is 0 Å². The van der Waals surface area contributed by atoms with Gasteiger partial charge in [0.05, 0.1) is 12.7 Å². The van der Waals surface area contributed by atoms with Crippen LogP contribution in [0.2, 0.25) is 0 Å². The molecule has 0 unspecified atom stereocenters. The van der Waals surface area contributed by atoms with E-state index in [9.17, 15) is 13.2 Å². The van der Waals surface area contributed by atoms with E-state index >= 15 is 0 Å². The summed E-state index contributed by atoms with van der Waals surface area (Å²) in [4.78, 5) is 4.50. The first kappa shape index (κ1) is 11.0. The molecule has 1 aromatic carbocycles. The van der Waals surface area contributed by atoms with Gasteiger partial charge in [-0.3, -0.25) is 0 Å². The van der Waals surface area contributed by atoms with Gasteiger partial charge in [-0.25, -0.2) is 13.2 Å². The van der Waals surface area contributed by atoms with Gasteiger partial charge in [-0.15, -0.1) is 0 Å². The highest BCUT2D eigenvalue weighted by atomic mass is 19.3. The first-order chi connectivity index (χ1) is 6.66. The molecule has 0 aliphatic heterocycles. The average molecular weight is 205 g/mol. The van der Waals surface area contributed by atoms with E-state index in [1.165, 1.54) is 19.2 Å². The number of nitrogens with one attached hydrogen (secondary N) is 1. The normalized spacial score (nSPS) is 10.9. The highest BCUT2D eigenvalue weighted by molar-refractivity contribution is 5.29. The summed E-state index contributed by atoms with van der Waals surface area (Å²) in [6.07, 6.45) is -2.81. The minimum absolute atomic E-state index is 0.0495. The van der Waals surface area contributed by atoms with Crippen LogP contribution in [0.4, 0.5) is 13.2 Å². The van der Waals surface area contributed by atoms with Gasteiger partial charge >= 0.3 is 0 Å². The largest absolute Gasteiger partial charge is 0.305 e. The molecule has 0 amide bonds. The van der Waals surface area contributed by atoms with Crippen molar-refractivity contribution in [3.8, 4) is 0 Å². The Kier molecular flexibility index (Phi) is 3.91. The summed E-state index contributed by atoms with van der Waals surface area (Å²) in [6, 6.07) is 3.82. The fourth-order valence-corrected chi connectivity index (χ4v) is 1.13. The standard InChI is InChI=1S/C9H10F3NO/c1-14-13-5-6-3-2-4-7(10)8(6)9(11)12/h2-4,9,13H,5H2,1H3. The van der Waals surface area contributed by atoms with Crippen molar-refractivity contribution in [1.82, 2.24) is 5.48 Å². The second-order valence-corrected chi connectivity index (χ2v) is 2.64. The highest BCUT2D eigenvalue weighted by Crippen LogP contribution is 2.25. The Labute approximate surface area is 79.6 Å². The summed E-state index contributed by atoms with van der Waals surface area (Å²) in [5.74, 6) is -0.893. The molecule has 0 aliphatic rings. The Balaban J connectivity index is 2.96. The quantitative estimate of drug-likeness (QED) is 0.762. The van der Waals surface area contributed by atoms with Crippen LogP contribution in [-0.2, 0) is 11.4 Å². The zero-order chi connectivity index (χ0) is 10.6. The third-order valence-corrected chi connectivity index (χ3v) is 1.77. The molecule has 0 aromatic heterocycles. The van der Waals surface area contributed by atoms with Crippen LogP contribution in [0.15, 0.2) is 18.2 Å². The van der Waals surface area contributed by atoms with Crippen molar-refractivity contribution in [1.29, 1.82) is 0 Å². The molecule has 0 radical (unpaired) electrons. The number of alkyl halides is 2. The monoisotopic (exact) mass is 205 g/mol. The van der Waals surface area contributed by atoms with Gasteiger partial charge in [-0.2, -0.15) is 5.48 Å². The molecule has 0 atom stereocenters. The summed E-state index contributed by atoms with van der Waals surface area (Å²) in [5, 5.41) is 0. The Morgan fingerprint density at radius 3 is 2.71 bits per heavy atom. The lowest BCUT2D eigenvalue weighted by Gasteiger charge is -2.09. The summed E-state index contributed by atoms with van der Waals surface area (Å²) in [5.41, 5.74) is 2.01. The first-order valence-corrected chi connectivity index (χ1v) is 3.98. The summed E-state index contributed by atoms with van der Waals surface area (Å²) >= 11 is 0. The van der Waals surface area contributed by atoms with Gasteiger partial charge in [-0.1, -0.05) is 12.1 Å². The summed E-state index contributed by atoms with van der Waals surface area (Å²) < 4.78 is 37.8. The number of rotatable bonds is 4. The third kappa shape index (κ3) is 2.46. The summed E-state index contributed by atoms with van der Waals surface area (Å²) in [6.45, 7) is 0.0495. The molecule has 5 heteroatoms. The molecule has 2 nitrogen and oxygen atoms in total. The summed E-state index contributed by atoms with van der Waals surface area (Å²) in [7, 11) is 1.36. The van der Waals surface area contributed by atoms with Crippen molar-refractivity contribution in [3.63, 3.8) is 0 Å². The van der Waals surface area contributed by atoms with Crippen molar-refractivity contribution in [2.75, 3.05) is 7.11 Å². The van der Waals surface area contributed by atoms with E-state index in [-0.39, 0.29) is 12.1 Å². The second kappa shape index (κ2) is 4.97. The molecule has 14 heavy (non-hydrogen) atoms. The Bertz CT molecular complexity index is 304. The minimum Gasteiger partial charge on any atom is -0.305 e. The fourth-order valence-electron chi connectivity index (χ4n) is 1.13. The molecule has 0 saturated heterocycles. The maximum Gasteiger partial charge on any atom is 0.266 e. The first-order valence-electron chi connectivity index (χ1n) is 3.98. The number of benzene rings is 1. The van der Waals surface area contributed by atoms with Gasteiger partial charge in [0.2, 0.25) is 0 Å². The van der Waals surface area contributed by atoms with E-state index in [1.54, 1.807) is 0 Å². The molecule has 0 saturated carbocycles. The van der Waals surface area contributed by atoms with Crippen molar-refractivity contribution in [2.45, 2.75) is 13.0 Å². The molecule has 1 rings (SSSR count). The minimum atomic E-state index is -2.81. The van der Waals surface area contributed by atoms with E-state index in [0.29, 0.717) is 0 Å².